The third kappa shape index (κ3) is 2.47. The second kappa shape index (κ2) is 5.92. The molecule has 2 heterocycles. The lowest BCUT2D eigenvalue weighted by molar-refractivity contribution is -0.127. The minimum absolute atomic E-state index is 0.0924. The van der Waals surface area contributed by atoms with E-state index in [9.17, 15) is 9.90 Å². The number of fused-ring (bicyclic) bond motifs is 2. The average molecular weight is 322 g/mol. The Hall–Kier alpha value is -0.810. The van der Waals surface area contributed by atoms with Crippen molar-refractivity contribution in [2.24, 2.45) is 11.3 Å². The predicted octanol–water partition coefficient (Wildman–Crippen LogP) is 2.28. The van der Waals surface area contributed by atoms with Crippen LogP contribution >= 0.6 is 0 Å². The largest absolute Gasteiger partial charge is 0.393 e. The van der Waals surface area contributed by atoms with Crippen LogP contribution in [-0.4, -0.2) is 53.5 Å². The molecule has 4 aliphatic rings. The zero-order valence-corrected chi connectivity index (χ0v) is 14.2. The number of aliphatic hydroxyl groups excluding tert-OH is 1. The van der Waals surface area contributed by atoms with Crippen molar-refractivity contribution < 1.29 is 14.6 Å². The summed E-state index contributed by atoms with van der Waals surface area (Å²) in [6.07, 6.45) is 8.85. The molecule has 0 aromatic heterocycles. The van der Waals surface area contributed by atoms with Gasteiger partial charge in [-0.15, -0.1) is 0 Å². The Kier molecular flexibility index (Phi) is 4.04. The van der Waals surface area contributed by atoms with Crippen molar-refractivity contribution in [3.63, 3.8) is 0 Å². The molecule has 1 spiro atoms. The fourth-order valence-electron chi connectivity index (χ4n) is 5.86. The third-order valence-electron chi connectivity index (χ3n) is 6.82. The van der Waals surface area contributed by atoms with Gasteiger partial charge in [-0.2, -0.15) is 0 Å². The van der Waals surface area contributed by atoms with Crippen molar-refractivity contribution in [3.8, 4) is 0 Å². The molecule has 23 heavy (non-hydrogen) atoms. The number of nitrogens with one attached hydrogen (secondary N) is 1. The standard InChI is InChI=1S/C18H30N2O3/c1-12(21)11-13-5-4-9-20(13)17(22)19-15-14-6-10-23-16(14)18(15)7-2-3-8-18/h12-16,21H,2-11H2,1H3,(H,19,22). The Morgan fingerprint density at radius 1 is 1.35 bits per heavy atom. The van der Waals surface area contributed by atoms with Gasteiger partial charge in [0.2, 0.25) is 0 Å². The van der Waals surface area contributed by atoms with Gasteiger partial charge in [0.15, 0.2) is 0 Å². The lowest BCUT2D eigenvalue weighted by Gasteiger charge is -2.57. The highest BCUT2D eigenvalue weighted by atomic mass is 16.5. The summed E-state index contributed by atoms with van der Waals surface area (Å²) in [6.45, 7) is 3.50. The Morgan fingerprint density at radius 3 is 2.87 bits per heavy atom. The molecule has 2 aliphatic carbocycles. The van der Waals surface area contributed by atoms with E-state index in [1.165, 1.54) is 25.7 Å². The van der Waals surface area contributed by atoms with Crippen LogP contribution in [0.5, 0.6) is 0 Å². The Bertz CT molecular complexity index is 461. The van der Waals surface area contributed by atoms with E-state index >= 15 is 0 Å². The highest BCUT2D eigenvalue weighted by molar-refractivity contribution is 5.75. The van der Waals surface area contributed by atoms with E-state index in [0.29, 0.717) is 24.5 Å². The second-order valence-corrected chi connectivity index (χ2v) is 8.19. The molecule has 0 aromatic carbocycles. The maximum Gasteiger partial charge on any atom is 0.317 e. The quantitative estimate of drug-likeness (QED) is 0.838. The van der Waals surface area contributed by atoms with Crippen LogP contribution in [-0.2, 0) is 4.74 Å². The molecule has 5 unspecified atom stereocenters. The molecule has 2 N–H and O–H groups in total. The highest BCUT2D eigenvalue weighted by Gasteiger charge is 2.65. The molecule has 4 rings (SSSR count). The fraction of sp³-hybridized carbons (Fsp3) is 0.944. The van der Waals surface area contributed by atoms with Crippen molar-refractivity contribution in [1.29, 1.82) is 0 Å². The normalized spacial score (nSPS) is 39.3. The van der Waals surface area contributed by atoms with Gasteiger partial charge in [0.1, 0.15) is 0 Å². The van der Waals surface area contributed by atoms with E-state index < -0.39 is 0 Å². The zero-order valence-electron chi connectivity index (χ0n) is 14.2. The first-order valence-electron chi connectivity index (χ1n) is 9.48. The van der Waals surface area contributed by atoms with Crippen molar-refractivity contribution in [1.82, 2.24) is 10.2 Å². The lowest BCUT2D eigenvalue weighted by Crippen LogP contribution is -2.69. The summed E-state index contributed by atoms with van der Waals surface area (Å²) >= 11 is 0. The second-order valence-electron chi connectivity index (χ2n) is 8.19. The Balaban J connectivity index is 1.43. The fourth-order valence-corrected chi connectivity index (χ4v) is 5.86. The van der Waals surface area contributed by atoms with E-state index in [1.807, 2.05) is 11.8 Å². The van der Waals surface area contributed by atoms with Crippen molar-refractivity contribution in [3.05, 3.63) is 0 Å². The number of nitrogens with zero attached hydrogens (tertiary/aromatic N) is 1. The molecule has 2 saturated heterocycles. The van der Waals surface area contributed by atoms with Gasteiger partial charge in [-0.25, -0.2) is 4.79 Å². The topological polar surface area (TPSA) is 61.8 Å². The number of hydrogen-bond acceptors (Lipinski definition) is 3. The summed E-state index contributed by atoms with van der Waals surface area (Å²) in [4.78, 5) is 14.8. The maximum absolute atomic E-state index is 12.9. The van der Waals surface area contributed by atoms with E-state index in [4.69, 9.17) is 4.74 Å². The molecule has 0 aromatic rings. The number of ether oxygens (including phenoxy) is 1. The molecular formula is C18H30N2O3. The Labute approximate surface area is 138 Å². The summed E-state index contributed by atoms with van der Waals surface area (Å²) in [5, 5.41) is 13.1. The first-order chi connectivity index (χ1) is 11.1. The molecule has 0 radical (unpaired) electrons. The smallest absolute Gasteiger partial charge is 0.317 e. The van der Waals surface area contributed by atoms with Gasteiger partial charge < -0.3 is 20.1 Å². The summed E-state index contributed by atoms with van der Waals surface area (Å²) in [5.41, 5.74) is 0.219. The minimum atomic E-state index is -0.342. The summed E-state index contributed by atoms with van der Waals surface area (Å²) in [7, 11) is 0. The van der Waals surface area contributed by atoms with Crippen LogP contribution in [0.3, 0.4) is 0 Å². The first-order valence-corrected chi connectivity index (χ1v) is 9.48. The highest BCUT2D eigenvalue weighted by Crippen LogP contribution is 2.60. The molecule has 2 aliphatic heterocycles. The number of urea groups is 1. The van der Waals surface area contributed by atoms with Gasteiger partial charge in [0, 0.05) is 36.6 Å². The molecular weight excluding hydrogens is 292 g/mol. The minimum Gasteiger partial charge on any atom is -0.393 e. The van der Waals surface area contributed by atoms with Gasteiger partial charge in [0.25, 0.3) is 0 Å². The molecule has 2 amide bonds. The Morgan fingerprint density at radius 2 is 2.13 bits per heavy atom. The molecule has 5 atom stereocenters. The molecule has 2 saturated carbocycles. The van der Waals surface area contributed by atoms with E-state index in [0.717, 1.165) is 32.4 Å². The van der Waals surface area contributed by atoms with Gasteiger partial charge >= 0.3 is 6.03 Å². The van der Waals surface area contributed by atoms with Crippen LogP contribution in [0, 0.1) is 11.3 Å². The van der Waals surface area contributed by atoms with Crippen molar-refractivity contribution in [2.75, 3.05) is 13.2 Å². The molecule has 130 valence electrons. The van der Waals surface area contributed by atoms with Crippen molar-refractivity contribution >= 4 is 6.03 Å². The van der Waals surface area contributed by atoms with Gasteiger partial charge in [-0.05, 0) is 45.4 Å². The van der Waals surface area contributed by atoms with Gasteiger partial charge in [0.05, 0.1) is 12.2 Å². The molecule has 0 bridgehead atoms. The summed E-state index contributed by atoms with van der Waals surface area (Å²) in [6, 6.07) is 0.595. The maximum atomic E-state index is 12.9. The molecule has 5 heteroatoms. The number of hydrogen-bond donors (Lipinski definition) is 2. The summed E-state index contributed by atoms with van der Waals surface area (Å²) in [5.74, 6) is 0.523. The van der Waals surface area contributed by atoms with Crippen LogP contribution in [0.15, 0.2) is 0 Å². The van der Waals surface area contributed by atoms with Crippen molar-refractivity contribution in [2.45, 2.75) is 82.6 Å². The number of amides is 2. The SMILES string of the molecule is CC(O)CC1CCCN1C(=O)NC1C2CCOC2C12CCCC2. The van der Waals surface area contributed by atoms with Crippen LogP contribution in [0.1, 0.15) is 58.3 Å². The van der Waals surface area contributed by atoms with Crippen LogP contribution in [0.4, 0.5) is 4.79 Å². The van der Waals surface area contributed by atoms with E-state index in [1.54, 1.807) is 0 Å². The van der Waals surface area contributed by atoms with Crippen LogP contribution in [0.2, 0.25) is 0 Å². The average Bonchev–Trinajstić information content (AvgIpc) is 3.23. The van der Waals surface area contributed by atoms with Crippen LogP contribution < -0.4 is 5.32 Å². The zero-order chi connectivity index (χ0) is 16.0. The first kappa shape index (κ1) is 15.7. The molecule has 4 fully saturated rings. The number of rotatable bonds is 3. The number of likely N-dealkylation sites (tertiary alicyclic amines) is 1. The predicted molar refractivity (Wildman–Crippen MR) is 87.1 cm³/mol. The van der Waals surface area contributed by atoms with Crippen LogP contribution in [0.25, 0.3) is 0 Å². The van der Waals surface area contributed by atoms with E-state index in [2.05, 4.69) is 5.32 Å². The monoisotopic (exact) mass is 322 g/mol. The lowest BCUT2D eigenvalue weighted by atomic mass is 9.54. The number of carbonyl (C=O) groups is 1. The number of carbonyl (C=O) groups excluding carboxylic acids is 1. The third-order valence-corrected chi connectivity index (χ3v) is 6.82. The molecule has 5 nitrogen and oxygen atoms in total. The van der Waals surface area contributed by atoms with E-state index in [-0.39, 0.29) is 23.6 Å². The van der Waals surface area contributed by atoms with Gasteiger partial charge in [-0.3, -0.25) is 0 Å². The summed E-state index contributed by atoms with van der Waals surface area (Å²) < 4.78 is 6.00. The van der Waals surface area contributed by atoms with Gasteiger partial charge in [-0.1, -0.05) is 12.8 Å². The number of aliphatic hydroxyl groups is 1.